The van der Waals surface area contributed by atoms with Crippen molar-refractivity contribution in [3.63, 3.8) is 0 Å². The minimum absolute atomic E-state index is 0. The second kappa shape index (κ2) is 52.6. The van der Waals surface area contributed by atoms with Crippen LogP contribution in [0.2, 0.25) is 110 Å². The lowest BCUT2D eigenvalue weighted by Crippen LogP contribution is -2.57. The fourth-order valence-electron chi connectivity index (χ4n) is 6.26. The lowest BCUT2D eigenvalue weighted by Gasteiger charge is -2.38. The van der Waals surface area contributed by atoms with Gasteiger partial charge in [-0.1, -0.05) is 88.6 Å². The molecule has 0 amide bonds. The van der Waals surface area contributed by atoms with E-state index >= 15 is 0 Å². The lowest BCUT2D eigenvalue weighted by atomic mass is 10.6. The van der Waals surface area contributed by atoms with Crippen molar-refractivity contribution in [1.82, 2.24) is 0 Å². The zero-order valence-corrected chi connectivity index (χ0v) is 65.4. The van der Waals surface area contributed by atoms with E-state index in [4.69, 9.17) is 59.5 Å². The van der Waals surface area contributed by atoms with Gasteiger partial charge in [-0.2, -0.15) is 0 Å². The SMILES string of the molecule is C.C#C.C=C[Si](OCC)(OCC)O[Si](C=C)(OCC)OCC.CC.CC.CC.CCC[Si](C)(C)O[Si](CC[Si](C)(C)O[Si](=O)[Si](C)(O[SiH2]C)O[SiH2]C)(OCC)OCC.C[SiH](C)O[Si](C)(O[SiH](C)C)O[SiH](C)C. The second-order valence-electron chi connectivity index (χ2n) is 16.4. The summed E-state index contributed by atoms with van der Waals surface area (Å²) in [4.78, 5) is 0. The number of terminal acetylenes is 1. The van der Waals surface area contributed by atoms with E-state index in [9.17, 15) is 4.46 Å². The molecule has 28 heteroatoms. The summed E-state index contributed by atoms with van der Waals surface area (Å²) < 4.78 is 97.0. The number of hydrogen-bond donors (Lipinski definition) is 0. The van der Waals surface area contributed by atoms with Gasteiger partial charge in [-0.3, -0.25) is 0 Å². The summed E-state index contributed by atoms with van der Waals surface area (Å²) >= 11 is 0. The van der Waals surface area contributed by atoms with Gasteiger partial charge in [0.05, 0.1) is 0 Å². The first-order valence-corrected chi connectivity index (χ1v) is 57.5. The Bertz CT molecular complexity index is 1180. The van der Waals surface area contributed by atoms with Gasteiger partial charge in [0.1, 0.15) is 19.5 Å². The first kappa shape index (κ1) is 89.5. The smallest absolute Gasteiger partial charge is 0.524 e. The molecular formula is C44H120O15Si13. The Labute approximate surface area is 466 Å². The van der Waals surface area contributed by atoms with Crippen molar-refractivity contribution in [2.24, 2.45) is 0 Å². The van der Waals surface area contributed by atoms with Crippen LogP contribution in [0.4, 0.5) is 0 Å². The van der Waals surface area contributed by atoms with Crippen molar-refractivity contribution in [2.75, 3.05) is 39.6 Å². The van der Waals surface area contributed by atoms with Crippen LogP contribution in [0.25, 0.3) is 0 Å². The zero-order chi connectivity index (χ0) is 57.6. The molecule has 0 radical (unpaired) electrons. The molecule has 72 heavy (non-hydrogen) atoms. The molecular weight excluding hydrogens is 1130 g/mol. The van der Waals surface area contributed by atoms with Crippen molar-refractivity contribution in [3.8, 4) is 12.8 Å². The molecule has 0 unspecified atom stereocenters. The highest BCUT2D eigenvalue weighted by Crippen LogP contribution is 2.30. The predicted octanol–water partition coefficient (Wildman–Crippen LogP) is 11.2. The van der Waals surface area contributed by atoms with Crippen LogP contribution >= 0.6 is 0 Å². The molecule has 438 valence electrons. The van der Waals surface area contributed by atoms with E-state index in [1.807, 2.05) is 103 Å². The standard InChI is InChI=1S/C16H46O7Si7.C12H26O5Si2.C7H24O3Si4.3C2H6.C2H2.CH4/c1-11-14-28(8,9)23-30(18-12-2,19-13-3)16-15-27(6,7)22-26(17)29(10,20-24-4)21-25-5;1-7-13-18(11-5,14-8-2)17-19(12-6,15-9-3)16-10-4;1-11(2)8-14(7,9-12(3)4)10-13(5)6;4*1-2;/h11-16,24-25H2,1-10H3;11-12H,5-10H2,1-4H3;11-13H,1-7H3;3*1-2H3;1-2H;1H4. The highest BCUT2D eigenvalue weighted by atomic mass is 29.3. The Morgan fingerprint density at radius 2 is 0.819 bits per heavy atom. The van der Waals surface area contributed by atoms with Gasteiger partial charge >= 0.3 is 51.7 Å². The zero-order valence-electron chi connectivity index (χ0n) is 51.1. The minimum Gasteiger partial charge on any atom is -0.579 e. The van der Waals surface area contributed by atoms with E-state index in [1.54, 1.807) is 11.4 Å². The summed E-state index contributed by atoms with van der Waals surface area (Å²) in [6, 6.07) is 2.56. The average molecular weight is 1250 g/mol. The Balaban J connectivity index is -0.000000140. The van der Waals surface area contributed by atoms with Gasteiger partial charge in [0.2, 0.25) is 8.32 Å². The summed E-state index contributed by atoms with van der Waals surface area (Å²) in [6.07, 6.45) is 9.10. The maximum Gasteiger partial charge on any atom is 0.524 e. The third-order valence-electron chi connectivity index (χ3n) is 8.14. The Hall–Kier alpha value is 0.939. The van der Waals surface area contributed by atoms with Crippen molar-refractivity contribution in [3.05, 3.63) is 24.6 Å². The highest BCUT2D eigenvalue weighted by Gasteiger charge is 2.52. The molecule has 0 N–H and O–H groups in total. The van der Waals surface area contributed by atoms with Gasteiger partial charge in [0, 0.05) is 52.2 Å². The van der Waals surface area contributed by atoms with Crippen molar-refractivity contribution < 1.29 is 63.9 Å². The Morgan fingerprint density at radius 3 is 1.06 bits per heavy atom. The molecule has 0 aliphatic carbocycles. The maximum absolute atomic E-state index is 13.1. The van der Waals surface area contributed by atoms with Crippen LogP contribution in [-0.4, -0.2) is 155 Å². The Kier molecular flexibility index (Phi) is 65.4. The molecule has 0 saturated carbocycles. The van der Waals surface area contributed by atoms with Crippen LogP contribution in [0.15, 0.2) is 24.6 Å². The first-order valence-electron chi connectivity index (χ1n) is 26.6. The van der Waals surface area contributed by atoms with Crippen molar-refractivity contribution in [1.29, 1.82) is 0 Å². The van der Waals surface area contributed by atoms with Crippen molar-refractivity contribution in [2.45, 2.75) is 214 Å². The van der Waals surface area contributed by atoms with E-state index in [-0.39, 0.29) is 7.43 Å². The van der Waals surface area contributed by atoms with Crippen LogP contribution in [0.1, 0.15) is 104 Å². The van der Waals surface area contributed by atoms with Crippen LogP contribution in [0.5, 0.6) is 0 Å². The Morgan fingerprint density at radius 1 is 0.514 bits per heavy atom. The third-order valence-corrected chi connectivity index (χ3v) is 50.6. The topological polar surface area (TPSA) is 146 Å². The second-order valence-corrected chi connectivity index (χ2v) is 54.5. The summed E-state index contributed by atoms with van der Waals surface area (Å²) in [7, 11) is -24.9. The van der Waals surface area contributed by atoms with Gasteiger partial charge in [-0.15, -0.1) is 12.8 Å². The molecule has 15 nitrogen and oxygen atoms in total. The van der Waals surface area contributed by atoms with E-state index in [2.05, 4.69) is 105 Å². The monoisotopic (exact) mass is 1250 g/mol. The van der Waals surface area contributed by atoms with Crippen molar-refractivity contribution >= 4 is 115 Å². The summed E-state index contributed by atoms with van der Waals surface area (Å²) in [6.45, 7) is 66.0. The van der Waals surface area contributed by atoms with Gasteiger partial charge in [0.15, 0.2) is 35.4 Å². The fraction of sp³-hybridized carbons (Fsp3) is 0.864. The molecule has 0 rings (SSSR count). The molecule has 0 spiro atoms. The molecule has 0 fully saturated rings. The minimum atomic E-state index is -3.00. The number of rotatable bonds is 36. The summed E-state index contributed by atoms with van der Waals surface area (Å²) in [5, 5.41) is 0. The van der Waals surface area contributed by atoms with E-state index < -0.39 is 115 Å². The molecule has 0 aromatic heterocycles. The van der Waals surface area contributed by atoms with E-state index in [0.29, 0.717) is 45.7 Å². The maximum atomic E-state index is 13.1. The van der Waals surface area contributed by atoms with Gasteiger partial charge in [-0.05, 0) is 137 Å². The van der Waals surface area contributed by atoms with Crippen LogP contribution in [0.3, 0.4) is 0 Å². The van der Waals surface area contributed by atoms with Crippen LogP contribution < -0.4 is 0 Å². The third kappa shape index (κ3) is 44.9. The highest BCUT2D eigenvalue weighted by molar-refractivity contribution is 7.21. The van der Waals surface area contributed by atoms with Gasteiger partial charge in [-0.25, -0.2) is 0 Å². The molecule has 0 atom stereocenters. The predicted molar refractivity (Wildman–Crippen MR) is 342 cm³/mol. The molecule has 0 aliphatic rings. The molecule has 0 heterocycles. The normalized spacial score (nSPS) is 12.8. The molecule has 0 aromatic rings. The van der Waals surface area contributed by atoms with E-state index in [1.165, 1.54) is 0 Å². The van der Waals surface area contributed by atoms with Crippen LogP contribution in [-0.2, 0) is 63.9 Å². The molecule has 0 aromatic carbocycles. The summed E-state index contributed by atoms with van der Waals surface area (Å²) in [5.74, 6) is 0. The summed E-state index contributed by atoms with van der Waals surface area (Å²) in [5.41, 5.74) is 3.20. The van der Waals surface area contributed by atoms with Gasteiger partial charge < -0.3 is 63.9 Å². The molecule has 0 saturated heterocycles. The van der Waals surface area contributed by atoms with Gasteiger partial charge in [0.25, 0.3) is 0 Å². The first-order chi connectivity index (χ1) is 33.2. The fourth-order valence-corrected chi connectivity index (χ4v) is 53.4. The molecule has 0 aliphatic heterocycles. The number of hydrogen-bond acceptors (Lipinski definition) is 15. The quantitative estimate of drug-likeness (QED) is 0.0433. The lowest BCUT2D eigenvalue weighted by molar-refractivity contribution is 0.0655. The van der Waals surface area contributed by atoms with E-state index in [0.717, 1.165) is 18.5 Å². The molecule has 0 bridgehead atoms. The average Bonchev–Trinajstić information content (AvgIpc) is 3.28. The van der Waals surface area contributed by atoms with Crippen LogP contribution in [0, 0.1) is 12.8 Å². The largest absolute Gasteiger partial charge is 0.579 e.